The van der Waals surface area contributed by atoms with Crippen LogP contribution in [0.1, 0.15) is 5.56 Å². The first-order chi connectivity index (χ1) is 10.6. The average molecular weight is 362 g/mol. The molecule has 0 amide bonds. The van der Waals surface area contributed by atoms with E-state index in [4.69, 9.17) is 0 Å². The lowest BCUT2D eigenvalue weighted by Crippen LogP contribution is -2.23. The molecule has 0 aliphatic carbocycles. The number of nitrogens with one attached hydrogen (secondary N) is 3. The summed E-state index contributed by atoms with van der Waals surface area (Å²) in [5.41, 5.74) is 2.11. The van der Waals surface area contributed by atoms with Crippen LogP contribution in [-0.4, -0.2) is 31.4 Å². The van der Waals surface area contributed by atoms with Gasteiger partial charge in [0.2, 0.25) is 0 Å². The lowest BCUT2D eigenvalue weighted by molar-refractivity contribution is 0.960. The van der Waals surface area contributed by atoms with Crippen LogP contribution in [0.5, 0.6) is 0 Å². The van der Waals surface area contributed by atoms with Crippen molar-refractivity contribution in [3.8, 4) is 0 Å². The second-order valence-corrected chi connectivity index (χ2v) is 5.08. The summed E-state index contributed by atoms with van der Waals surface area (Å²) in [6, 6.07) is 7.50. The number of H-pyrrole nitrogens is 2. The van der Waals surface area contributed by atoms with Gasteiger partial charge in [0.25, 0.3) is 11.5 Å². The number of anilines is 1. The van der Waals surface area contributed by atoms with Crippen molar-refractivity contribution in [1.29, 1.82) is 0 Å². The Balaban J connectivity index is 1.83. The summed E-state index contributed by atoms with van der Waals surface area (Å²) in [5.74, 6) is 0.0575. The van der Waals surface area contributed by atoms with Crippen LogP contribution in [0, 0.1) is 0 Å². The molecule has 0 unspecified atom stereocenters. The number of halogens is 1. The van der Waals surface area contributed by atoms with Gasteiger partial charge >= 0.3 is 5.69 Å². The van der Waals surface area contributed by atoms with Crippen molar-refractivity contribution in [3.63, 3.8) is 0 Å². The van der Waals surface area contributed by atoms with Crippen molar-refractivity contribution >= 4 is 39.3 Å². The summed E-state index contributed by atoms with van der Waals surface area (Å²) in [7, 11) is 0. The molecule has 0 fully saturated rings. The van der Waals surface area contributed by atoms with E-state index >= 15 is 0 Å². The van der Waals surface area contributed by atoms with Crippen molar-refractivity contribution in [1.82, 2.24) is 25.1 Å². The van der Waals surface area contributed by atoms with Crippen LogP contribution in [0.3, 0.4) is 0 Å². The van der Waals surface area contributed by atoms with Gasteiger partial charge in [0, 0.05) is 4.47 Å². The van der Waals surface area contributed by atoms with Crippen LogP contribution >= 0.6 is 15.9 Å². The molecule has 10 heteroatoms. The van der Waals surface area contributed by atoms with Gasteiger partial charge in [-0.1, -0.05) is 28.1 Å². The van der Waals surface area contributed by atoms with E-state index in [1.54, 1.807) is 6.21 Å². The summed E-state index contributed by atoms with van der Waals surface area (Å²) in [4.78, 5) is 31.0. The molecular weight excluding hydrogens is 354 g/mol. The molecule has 9 nitrogen and oxygen atoms in total. The molecule has 3 N–H and O–H groups in total. The number of nitrogens with zero attached hydrogens (tertiary/aromatic N) is 4. The van der Waals surface area contributed by atoms with E-state index in [2.05, 4.69) is 46.6 Å². The predicted octanol–water partition coefficient (Wildman–Crippen LogP) is 0.610. The molecule has 22 heavy (non-hydrogen) atoms. The fourth-order valence-corrected chi connectivity index (χ4v) is 1.89. The summed E-state index contributed by atoms with van der Waals surface area (Å²) < 4.78 is 0.967. The van der Waals surface area contributed by atoms with Crippen LogP contribution in [0.2, 0.25) is 0 Å². The molecular formula is C12H8BrN7O2. The third-order valence-electron chi connectivity index (χ3n) is 2.61. The highest BCUT2D eigenvalue weighted by atomic mass is 79.9. The zero-order chi connectivity index (χ0) is 15.5. The third-order valence-corrected chi connectivity index (χ3v) is 3.14. The lowest BCUT2D eigenvalue weighted by atomic mass is 10.2. The first kappa shape index (κ1) is 14.1. The first-order valence-corrected chi connectivity index (χ1v) is 6.83. The maximum atomic E-state index is 11.5. The number of hydrazone groups is 1. The Hall–Kier alpha value is -2.88. The van der Waals surface area contributed by atoms with Crippen molar-refractivity contribution < 1.29 is 0 Å². The molecule has 0 radical (unpaired) electrons. The molecule has 0 spiro atoms. The minimum absolute atomic E-state index is 0.0325. The van der Waals surface area contributed by atoms with E-state index < -0.39 is 11.2 Å². The van der Waals surface area contributed by atoms with Crippen LogP contribution in [0.4, 0.5) is 5.95 Å². The molecule has 3 rings (SSSR count). The number of aromatic amines is 2. The zero-order valence-electron chi connectivity index (χ0n) is 10.9. The van der Waals surface area contributed by atoms with Gasteiger partial charge < -0.3 is 0 Å². The number of benzene rings is 1. The van der Waals surface area contributed by atoms with Gasteiger partial charge in [-0.25, -0.2) is 10.2 Å². The van der Waals surface area contributed by atoms with E-state index in [-0.39, 0.29) is 17.1 Å². The molecule has 1 aromatic carbocycles. The molecule has 3 aromatic rings. The number of rotatable bonds is 3. The summed E-state index contributed by atoms with van der Waals surface area (Å²) in [6.45, 7) is 0. The number of hydrogen-bond donors (Lipinski definition) is 3. The second-order valence-electron chi connectivity index (χ2n) is 4.16. The minimum atomic E-state index is -0.665. The highest BCUT2D eigenvalue weighted by Gasteiger charge is 2.05. The first-order valence-electron chi connectivity index (χ1n) is 6.03. The van der Waals surface area contributed by atoms with Crippen LogP contribution in [-0.2, 0) is 0 Å². The molecule has 0 saturated heterocycles. The maximum Gasteiger partial charge on any atom is 0.327 e. The van der Waals surface area contributed by atoms with Gasteiger partial charge in [0.05, 0.1) is 6.21 Å². The van der Waals surface area contributed by atoms with Gasteiger partial charge in [0.15, 0.2) is 11.2 Å². The predicted molar refractivity (Wildman–Crippen MR) is 83.9 cm³/mol. The Bertz CT molecular complexity index is 962. The smallest absolute Gasteiger partial charge is 0.290 e. The molecule has 110 valence electrons. The quantitative estimate of drug-likeness (QED) is 0.463. The zero-order valence-corrected chi connectivity index (χ0v) is 12.5. The Morgan fingerprint density at radius 3 is 2.68 bits per heavy atom. The van der Waals surface area contributed by atoms with Gasteiger partial charge in [-0.2, -0.15) is 10.1 Å². The van der Waals surface area contributed by atoms with Crippen molar-refractivity contribution in [2.45, 2.75) is 0 Å². The molecule has 2 heterocycles. The standard InChI is InChI=1S/C12H8BrN7O2/c13-7-3-1-6(2-4-7)5-14-19-11-15-9-8(18-20-11)10(21)17-12(22)16-9/h1-5H,(H3,15,16,17,19,20,21,22)/b14-5+. The van der Waals surface area contributed by atoms with E-state index in [1.807, 2.05) is 29.2 Å². The summed E-state index contributed by atoms with van der Waals surface area (Å²) in [5, 5.41) is 11.4. The van der Waals surface area contributed by atoms with Crippen LogP contribution < -0.4 is 16.7 Å². The molecule has 0 atom stereocenters. The van der Waals surface area contributed by atoms with Crippen LogP contribution in [0.25, 0.3) is 11.2 Å². The normalized spacial score (nSPS) is 11.1. The fraction of sp³-hybridized carbons (Fsp3) is 0. The van der Waals surface area contributed by atoms with E-state index in [1.165, 1.54) is 0 Å². The number of aromatic nitrogens is 5. The number of fused-ring (bicyclic) bond motifs is 1. The summed E-state index contributed by atoms with van der Waals surface area (Å²) in [6.07, 6.45) is 1.57. The molecule has 0 bridgehead atoms. The number of hydrogen-bond acceptors (Lipinski definition) is 7. The van der Waals surface area contributed by atoms with E-state index in [9.17, 15) is 9.59 Å². The Kier molecular flexibility index (Phi) is 3.74. The summed E-state index contributed by atoms with van der Waals surface area (Å²) >= 11 is 3.34. The van der Waals surface area contributed by atoms with E-state index in [0.717, 1.165) is 10.0 Å². The molecule has 2 aromatic heterocycles. The topological polar surface area (TPSA) is 129 Å². The van der Waals surface area contributed by atoms with Crippen molar-refractivity contribution in [2.75, 3.05) is 5.43 Å². The van der Waals surface area contributed by atoms with Gasteiger partial charge in [-0.15, -0.1) is 10.2 Å². The maximum absolute atomic E-state index is 11.5. The highest BCUT2D eigenvalue weighted by Crippen LogP contribution is 2.09. The highest BCUT2D eigenvalue weighted by molar-refractivity contribution is 9.10. The molecule has 0 aliphatic rings. The second kappa shape index (κ2) is 5.85. The largest absolute Gasteiger partial charge is 0.327 e. The van der Waals surface area contributed by atoms with Gasteiger partial charge in [0.1, 0.15) is 0 Å². The average Bonchev–Trinajstić information content (AvgIpc) is 2.49. The fourth-order valence-electron chi connectivity index (χ4n) is 1.63. The monoisotopic (exact) mass is 361 g/mol. The Morgan fingerprint density at radius 1 is 1.14 bits per heavy atom. The Morgan fingerprint density at radius 2 is 1.91 bits per heavy atom. The van der Waals surface area contributed by atoms with E-state index in [0.29, 0.717) is 0 Å². The SMILES string of the molecule is O=c1[nH]c(=O)c2nnc(N/N=C/c3ccc(Br)cc3)nc2[nH]1. The van der Waals surface area contributed by atoms with Crippen molar-refractivity contribution in [3.05, 3.63) is 55.1 Å². The minimum Gasteiger partial charge on any atom is -0.290 e. The molecule has 0 saturated carbocycles. The van der Waals surface area contributed by atoms with Gasteiger partial charge in [-0.05, 0) is 17.7 Å². The van der Waals surface area contributed by atoms with Gasteiger partial charge in [-0.3, -0.25) is 14.8 Å². The third kappa shape index (κ3) is 3.06. The molecule has 0 aliphatic heterocycles. The van der Waals surface area contributed by atoms with Crippen molar-refractivity contribution in [2.24, 2.45) is 5.10 Å². The Labute approximate surface area is 130 Å². The van der Waals surface area contributed by atoms with Crippen LogP contribution in [0.15, 0.2) is 43.4 Å². The lowest BCUT2D eigenvalue weighted by Gasteiger charge is -1.99.